The maximum absolute atomic E-state index is 13.7. The Labute approximate surface area is 239 Å². The van der Waals surface area contributed by atoms with Gasteiger partial charge in [0.1, 0.15) is 23.2 Å². The van der Waals surface area contributed by atoms with Crippen LogP contribution in [0.4, 0.5) is 4.79 Å². The fraction of sp³-hybridized carbons (Fsp3) is 0.677. The lowest BCUT2D eigenvalue weighted by Gasteiger charge is -2.30. The molecule has 2 fully saturated rings. The lowest BCUT2D eigenvalue weighted by atomic mass is 10.0. The van der Waals surface area contributed by atoms with Gasteiger partial charge in [-0.3, -0.25) is 14.4 Å². The number of amides is 4. The van der Waals surface area contributed by atoms with Crippen LogP contribution in [0, 0.1) is 0 Å². The summed E-state index contributed by atoms with van der Waals surface area (Å²) in [6.07, 6.45) is 8.04. The zero-order valence-corrected chi connectivity index (χ0v) is 24.7. The summed E-state index contributed by atoms with van der Waals surface area (Å²) >= 11 is 0. The van der Waals surface area contributed by atoms with Crippen molar-refractivity contribution in [1.82, 2.24) is 20.9 Å². The van der Waals surface area contributed by atoms with E-state index in [1.165, 1.54) is 0 Å². The number of nitrogens with one attached hydrogen (secondary N) is 3. The molecule has 222 valence electrons. The number of nitrogens with zero attached hydrogens (tertiary/aromatic N) is 1. The Kier molecular flexibility index (Phi) is 11.4. The number of carbonyl (C=O) groups excluding carboxylic acids is 4. The Morgan fingerprint density at radius 3 is 2.40 bits per heavy atom. The van der Waals surface area contributed by atoms with Crippen molar-refractivity contribution >= 4 is 23.8 Å². The third-order valence-corrected chi connectivity index (χ3v) is 7.51. The average molecular weight is 557 g/mol. The highest BCUT2D eigenvalue weighted by Crippen LogP contribution is 2.36. The zero-order chi connectivity index (χ0) is 29.2. The van der Waals surface area contributed by atoms with E-state index < -0.39 is 29.3 Å². The Balaban J connectivity index is 1.58. The molecule has 1 saturated heterocycles. The second-order valence-electron chi connectivity index (χ2n) is 12.2. The van der Waals surface area contributed by atoms with Crippen molar-refractivity contribution in [3.63, 3.8) is 0 Å². The zero-order valence-electron chi connectivity index (χ0n) is 24.7. The lowest BCUT2D eigenvalue weighted by Crippen LogP contribution is -2.57. The monoisotopic (exact) mass is 556 g/mol. The van der Waals surface area contributed by atoms with Gasteiger partial charge in [-0.25, -0.2) is 4.79 Å². The summed E-state index contributed by atoms with van der Waals surface area (Å²) in [7, 11) is 0. The first-order chi connectivity index (χ1) is 19.0. The van der Waals surface area contributed by atoms with Crippen molar-refractivity contribution < 1.29 is 23.9 Å². The molecule has 1 aromatic carbocycles. The van der Waals surface area contributed by atoms with Crippen LogP contribution in [0.2, 0.25) is 0 Å². The topological polar surface area (TPSA) is 117 Å². The van der Waals surface area contributed by atoms with Gasteiger partial charge in [-0.05, 0) is 64.9 Å². The summed E-state index contributed by atoms with van der Waals surface area (Å²) in [5, 5.41) is 8.69. The molecule has 0 aromatic heterocycles. The van der Waals surface area contributed by atoms with Crippen LogP contribution in [0.25, 0.3) is 0 Å². The van der Waals surface area contributed by atoms with Gasteiger partial charge in [0, 0.05) is 13.1 Å². The summed E-state index contributed by atoms with van der Waals surface area (Å²) in [6.45, 7) is 8.41. The van der Waals surface area contributed by atoms with E-state index in [9.17, 15) is 19.2 Å². The third kappa shape index (κ3) is 9.52. The van der Waals surface area contributed by atoms with Crippen molar-refractivity contribution in [2.45, 2.75) is 122 Å². The number of hydrogen-bond donors (Lipinski definition) is 3. The van der Waals surface area contributed by atoms with E-state index in [0.717, 1.165) is 37.7 Å². The number of unbranched alkanes of at least 4 members (excludes halogenated alkanes) is 4. The van der Waals surface area contributed by atoms with Crippen LogP contribution in [-0.2, 0) is 25.5 Å². The van der Waals surface area contributed by atoms with Crippen molar-refractivity contribution in [3.8, 4) is 0 Å². The number of hydrogen-bond acceptors (Lipinski definition) is 5. The molecular weight excluding hydrogens is 508 g/mol. The van der Waals surface area contributed by atoms with Crippen LogP contribution in [0.15, 0.2) is 30.3 Å². The lowest BCUT2D eigenvalue weighted by molar-refractivity contribution is -0.141. The van der Waals surface area contributed by atoms with Crippen molar-refractivity contribution in [2.24, 2.45) is 0 Å². The molecule has 3 N–H and O–H groups in total. The second kappa shape index (κ2) is 14.5. The minimum Gasteiger partial charge on any atom is -0.444 e. The van der Waals surface area contributed by atoms with Crippen LogP contribution >= 0.6 is 0 Å². The Hall–Kier alpha value is -3.10. The van der Waals surface area contributed by atoms with Gasteiger partial charge in [0.15, 0.2) is 0 Å². The van der Waals surface area contributed by atoms with Gasteiger partial charge in [0.05, 0.1) is 0 Å². The number of alkyl carbamates (subject to hydrolysis) is 1. The molecule has 1 aliphatic carbocycles. The second-order valence-corrected chi connectivity index (χ2v) is 12.2. The maximum atomic E-state index is 13.7. The number of likely N-dealkylation sites (tertiary alicyclic amines) is 1. The molecule has 1 saturated carbocycles. The molecular formula is C31H48N4O5. The van der Waals surface area contributed by atoms with E-state index in [1.807, 2.05) is 30.3 Å². The summed E-state index contributed by atoms with van der Waals surface area (Å²) < 4.78 is 5.42. The smallest absolute Gasteiger partial charge is 0.408 e. The van der Waals surface area contributed by atoms with Gasteiger partial charge in [0.2, 0.25) is 17.7 Å². The Bertz CT molecular complexity index is 1000. The van der Waals surface area contributed by atoms with Gasteiger partial charge in [-0.15, -0.1) is 0 Å². The summed E-state index contributed by atoms with van der Waals surface area (Å²) in [5.74, 6) is -0.749. The number of rotatable bonds is 14. The van der Waals surface area contributed by atoms with E-state index in [2.05, 4.69) is 22.9 Å². The van der Waals surface area contributed by atoms with Crippen molar-refractivity contribution in [3.05, 3.63) is 35.9 Å². The van der Waals surface area contributed by atoms with E-state index >= 15 is 0 Å². The van der Waals surface area contributed by atoms with Gasteiger partial charge < -0.3 is 25.6 Å². The predicted molar refractivity (Wildman–Crippen MR) is 155 cm³/mol. The molecule has 1 aliphatic heterocycles. The minimum atomic E-state index is -0.904. The third-order valence-electron chi connectivity index (χ3n) is 7.51. The molecule has 1 heterocycles. The molecule has 0 radical (unpaired) electrons. The van der Waals surface area contributed by atoms with Crippen LogP contribution in [0.5, 0.6) is 0 Å². The minimum absolute atomic E-state index is 0.177. The summed E-state index contributed by atoms with van der Waals surface area (Å²) in [6, 6.07) is 8.50. The van der Waals surface area contributed by atoms with E-state index in [0.29, 0.717) is 51.6 Å². The normalized spacial score (nSPS) is 18.5. The standard InChI is InChI=1S/C31H48N4O5/c1-5-6-7-8-12-16-24(33-29(39)40-30(2,3)4)27(37)35-22-13-17-25(35)26(36)34-31(19-20-31)28(38)32-21-18-23-14-10-9-11-15-23/h9-11,14-15,24-25H,5-8,12-13,16-22H2,1-4H3,(H,32,38)(H,33,39)(H,34,36)/t24-,25-/m0/s1. The Morgan fingerprint density at radius 1 is 1.05 bits per heavy atom. The fourth-order valence-electron chi connectivity index (χ4n) is 5.15. The molecule has 4 amide bonds. The number of benzene rings is 1. The molecule has 9 heteroatoms. The molecule has 0 bridgehead atoms. The van der Waals surface area contributed by atoms with Gasteiger partial charge >= 0.3 is 6.09 Å². The molecule has 1 aromatic rings. The Morgan fingerprint density at radius 2 is 1.75 bits per heavy atom. The first-order valence-corrected chi connectivity index (χ1v) is 15.0. The van der Waals surface area contributed by atoms with Crippen molar-refractivity contribution in [1.29, 1.82) is 0 Å². The number of ether oxygens (including phenoxy) is 1. The molecule has 2 atom stereocenters. The van der Waals surface area contributed by atoms with Crippen molar-refractivity contribution in [2.75, 3.05) is 13.1 Å². The average Bonchev–Trinajstić information content (AvgIpc) is 3.51. The molecule has 40 heavy (non-hydrogen) atoms. The summed E-state index contributed by atoms with van der Waals surface area (Å²) in [5.41, 5.74) is -0.454. The molecule has 9 nitrogen and oxygen atoms in total. The summed E-state index contributed by atoms with van der Waals surface area (Å²) in [4.78, 5) is 54.1. The number of carbonyl (C=O) groups is 4. The first-order valence-electron chi connectivity index (χ1n) is 15.0. The first kappa shape index (κ1) is 31.4. The molecule has 2 aliphatic rings. The predicted octanol–water partition coefficient (Wildman–Crippen LogP) is 4.24. The van der Waals surface area contributed by atoms with Crippen LogP contribution in [-0.4, -0.2) is 65.0 Å². The van der Waals surface area contributed by atoms with Gasteiger partial charge in [-0.2, -0.15) is 0 Å². The SMILES string of the molecule is CCCCCCC[C@H](NC(=O)OC(C)(C)C)C(=O)N1CCC[C@H]1C(=O)NC1(C(=O)NCCc2ccccc2)CC1. The van der Waals surface area contributed by atoms with E-state index in [1.54, 1.807) is 25.7 Å². The quantitative estimate of drug-likeness (QED) is 0.297. The highest BCUT2D eigenvalue weighted by Gasteiger charge is 2.52. The van der Waals surface area contributed by atoms with Crippen LogP contribution in [0.3, 0.4) is 0 Å². The van der Waals surface area contributed by atoms with Gasteiger partial charge in [0.25, 0.3) is 0 Å². The highest BCUT2D eigenvalue weighted by atomic mass is 16.6. The largest absolute Gasteiger partial charge is 0.444 e. The molecule has 0 spiro atoms. The molecule has 0 unspecified atom stereocenters. The van der Waals surface area contributed by atoms with Crippen LogP contribution < -0.4 is 16.0 Å². The highest BCUT2D eigenvalue weighted by molar-refractivity contribution is 5.97. The van der Waals surface area contributed by atoms with Gasteiger partial charge in [-0.1, -0.05) is 69.4 Å². The van der Waals surface area contributed by atoms with Crippen LogP contribution in [0.1, 0.15) is 97.5 Å². The fourth-order valence-corrected chi connectivity index (χ4v) is 5.15. The van der Waals surface area contributed by atoms with E-state index in [-0.39, 0.29) is 17.7 Å². The maximum Gasteiger partial charge on any atom is 0.408 e. The molecule has 3 rings (SSSR count). The van der Waals surface area contributed by atoms with E-state index in [4.69, 9.17) is 4.74 Å².